The first kappa shape index (κ1) is 23.6. The fourth-order valence-electron chi connectivity index (χ4n) is 3.74. The molecule has 1 unspecified atom stereocenters. The number of benzene rings is 2. The summed E-state index contributed by atoms with van der Waals surface area (Å²) >= 11 is 0. The molecule has 170 valence electrons. The van der Waals surface area contributed by atoms with Crippen LogP contribution in [0, 0.1) is 11.8 Å². The molecule has 1 atom stereocenters. The lowest BCUT2D eigenvalue weighted by molar-refractivity contribution is -0.130. The lowest BCUT2D eigenvalue weighted by Gasteiger charge is -2.18. The van der Waals surface area contributed by atoms with Gasteiger partial charge in [0.1, 0.15) is 12.6 Å². The van der Waals surface area contributed by atoms with E-state index >= 15 is 0 Å². The summed E-state index contributed by atoms with van der Waals surface area (Å²) in [5.41, 5.74) is 5.45. The predicted octanol–water partition coefficient (Wildman–Crippen LogP) is 3.45. The molecule has 0 aliphatic heterocycles. The Morgan fingerprint density at radius 3 is 2.24 bits per heavy atom. The molecule has 0 saturated heterocycles. The minimum absolute atomic E-state index is 0.0838. The summed E-state index contributed by atoms with van der Waals surface area (Å²) in [6.45, 7) is 3.78. The van der Waals surface area contributed by atoms with E-state index in [9.17, 15) is 14.4 Å². The van der Waals surface area contributed by atoms with Crippen molar-refractivity contribution in [2.24, 2.45) is 0 Å². The second kappa shape index (κ2) is 11.0. The predicted molar refractivity (Wildman–Crippen MR) is 124 cm³/mol. The fourth-order valence-corrected chi connectivity index (χ4v) is 3.74. The summed E-state index contributed by atoms with van der Waals surface area (Å²) < 4.78 is 5.53. The summed E-state index contributed by atoms with van der Waals surface area (Å²) in [5.74, 6) is 2.42. The number of hydrogen-bond donors (Lipinski definition) is 3. The van der Waals surface area contributed by atoms with Crippen molar-refractivity contribution in [2.45, 2.75) is 32.2 Å². The van der Waals surface area contributed by atoms with Gasteiger partial charge in [0.05, 0.1) is 6.54 Å². The Kier molecular flexibility index (Phi) is 7.87. The molecule has 2 aromatic carbocycles. The quantitative estimate of drug-likeness (QED) is 0.446. The van der Waals surface area contributed by atoms with Crippen LogP contribution in [-0.4, -0.2) is 42.3 Å². The molecule has 0 saturated carbocycles. The van der Waals surface area contributed by atoms with E-state index in [-0.39, 0.29) is 25.5 Å². The summed E-state index contributed by atoms with van der Waals surface area (Å²) in [6, 6.07) is 15.2. The molecule has 1 aliphatic rings. The molecule has 3 N–H and O–H groups in total. The maximum Gasteiger partial charge on any atom is 0.407 e. The number of carboxylic acid groups (broad SMARTS) is 1. The third-order valence-corrected chi connectivity index (χ3v) is 5.26. The lowest BCUT2D eigenvalue weighted by Crippen LogP contribution is -2.47. The van der Waals surface area contributed by atoms with E-state index in [4.69, 9.17) is 9.84 Å². The molecule has 7 nitrogen and oxygen atoms in total. The highest BCUT2D eigenvalue weighted by molar-refractivity contribution is 5.88. The van der Waals surface area contributed by atoms with Crippen LogP contribution in [0.25, 0.3) is 11.1 Å². The summed E-state index contributed by atoms with van der Waals surface area (Å²) in [4.78, 5) is 35.5. The van der Waals surface area contributed by atoms with E-state index in [0.29, 0.717) is 0 Å². The average Bonchev–Trinajstić information content (AvgIpc) is 3.11. The van der Waals surface area contributed by atoms with Gasteiger partial charge in [-0.25, -0.2) is 9.59 Å². The van der Waals surface area contributed by atoms with Gasteiger partial charge in [0.25, 0.3) is 0 Å². The number of allylic oxidation sites excluding steroid dienone is 1. The van der Waals surface area contributed by atoms with E-state index in [2.05, 4.69) is 28.7 Å². The van der Waals surface area contributed by atoms with Gasteiger partial charge in [-0.3, -0.25) is 4.79 Å². The van der Waals surface area contributed by atoms with Gasteiger partial charge in [-0.2, -0.15) is 0 Å². The largest absolute Gasteiger partial charge is 0.472 e. The lowest BCUT2D eigenvalue weighted by atomic mass is 9.98. The normalized spacial score (nSPS) is 12.3. The van der Waals surface area contributed by atoms with E-state index in [1.54, 1.807) is 0 Å². The van der Waals surface area contributed by atoms with Crippen LogP contribution >= 0.6 is 0 Å². The number of carboxylic acids is 1. The van der Waals surface area contributed by atoms with Crippen LogP contribution in [0.1, 0.15) is 37.3 Å². The zero-order valence-electron chi connectivity index (χ0n) is 18.6. The Hall–Kier alpha value is -4.05. The van der Waals surface area contributed by atoms with Crippen molar-refractivity contribution >= 4 is 18.0 Å². The van der Waals surface area contributed by atoms with Gasteiger partial charge in [0.15, 0.2) is 0 Å². The number of carbonyl (C=O) groups is 3. The van der Waals surface area contributed by atoms with Crippen molar-refractivity contribution < 1.29 is 24.2 Å². The van der Waals surface area contributed by atoms with Crippen molar-refractivity contribution in [1.29, 1.82) is 0 Å². The number of ether oxygens (including phenoxy) is 1. The zero-order valence-corrected chi connectivity index (χ0v) is 18.6. The van der Waals surface area contributed by atoms with E-state index in [0.717, 1.165) is 27.8 Å². The molecule has 1 aliphatic carbocycles. The van der Waals surface area contributed by atoms with Gasteiger partial charge in [-0.05, 0) is 42.5 Å². The van der Waals surface area contributed by atoms with Gasteiger partial charge < -0.3 is 20.5 Å². The molecule has 33 heavy (non-hydrogen) atoms. The topological polar surface area (TPSA) is 105 Å². The second-order valence-electron chi connectivity index (χ2n) is 7.86. The summed E-state index contributed by atoms with van der Waals surface area (Å²) in [6.07, 6.45) is 1.40. The van der Waals surface area contributed by atoms with Gasteiger partial charge >= 0.3 is 12.1 Å². The number of fused-ring (bicyclic) bond motifs is 3. The first-order valence-electron chi connectivity index (χ1n) is 10.6. The number of aliphatic carboxylic acids is 1. The molecule has 7 heteroatoms. The third kappa shape index (κ3) is 6.23. The summed E-state index contributed by atoms with van der Waals surface area (Å²) in [7, 11) is 0. The summed E-state index contributed by atoms with van der Waals surface area (Å²) in [5, 5.41) is 13.7. The number of hydrogen-bond acceptors (Lipinski definition) is 4. The molecule has 3 rings (SSSR count). The second-order valence-corrected chi connectivity index (χ2v) is 7.86. The van der Waals surface area contributed by atoms with E-state index < -0.39 is 24.0 Å². The van der Waals surface area contributed by atoms with Crippen LogP contribution < -0.4 is 10.6 Å². The number of nitrogens with one attached hydrogen (secondary N) is 2. The van der Waals surface area contributed by atoms with Crippen LogP contribution in [-0.2, 0) is 14.3 Å². The number of rotatable bonds is 7. The number of amides is 2. The van der Waals surface area contributed by atoms with Crippen molar-refractivity contribution in [3.8, 4) is 23.0 Å². The average molecular weight is 447 g/mol. The molecule has 0 radical (unpaired) electrons. The van der Waals surface area contributed by atoms with Crippen molar-refractivity contribution in [1.82, 2.24) is 10.6 Å². The molecular formula is C26H26N2O5. The molecule has 2 aromatic rings. The molecule has 0 spiro atoms. The highest BCUT2D eigenvalue weighted by Crippen LogP contribution is 2.44. The molecular weight excluding hydrogens is 420 g/mol. The van der Waals surface area contributed by atoms with Crippen LogP contribution in [0.3, 0.4) is 0 Å². The van der Waals surface area contributed by atoms with E-state index in [1.807, 2.05) is 62.2 Å². The maximum absolute atomic E-state index is 12.6. The Morgan fingerprint density at radius 1 is 1.06 bits per heavy atom. The SMILES string of the molecule is CC(C)=CCC(NC(=O)OCC1c2ccccc2-c2ccccc21)C(=O)NCC#CC(=O)O. The molecule has 0 heterocycles. The number of alkyl carbamates (subject to hydrolysis) is 1. The van der Waals surface area contributed by atoms with Gasteiger partial charge in [0, 0.05) is 11.8 Å². The molecule has 0 fully saturated rings. The van der Waals surface area contributed by atoms with Crippen molar-refractivity contribution in [2.75, 3.05) is 13.2 Å². The van der Waals surface area contributed by atoms with E-state index in [1.165, 1.54) is 0 Å². The van der Waals surface area contributed by atoms with Crippen LogP contribution in [0.2, 0.25) is 0 Å². The van der Waals surface area contributed by atoms with Crippen LogP contribution in [0.4, 0.5) is 4.79 Å². The third-order valence-electron chi connectivity index (χ3n) is 5.26. The Balaban J connectivity index is 1.64. The molecule has 2 amide bonds. The Bertz CT molecular complexity index is 1090. The first-order chi connectivity index (χ1) is 15.9. The highest BCUT2D eigenvalue weighted by Gasteiger charge is 2.29. The number of carbonyl (C=O) groups excluding carboxylic acids is 2. The van der Waals surface area contributed by atoms with Crippen molar-refractivity contribution in [3.63, 3.8) is 0 Å². The Labute approximate surface area is 192 Å². The minimum atomic E-state index is -1.28. The molecule has 0 aromatic heterocycles. The van der Waals surface area contributed by atoms with Crippen molar-refractivity contribution in [3.05, 3.63) is 71.3 Å². The van der Waals surface area contributed by atoms with Crippen LogP contribution in [0.15, 0.2) is 60.2 Å². The monoisotopic (exact) mass is 446 g/mol. The molecule has 0 bridgehead atoms. The van der Waals surface area contributed by atoms with Gasteiger partial charge in [-0.1, -0.05) is 66.1 Å². The fraction of sp³-hybridized carbons (Fsp3) is 0.269. The zero-order chi connectivity index (χ0) is 23.8. The Morgan fingerprint density at radius 2 is 1.67 bits per heavy atom. The highest BCUT2D eigenvalue weighted by atomic mass is 16.5. The maximum atomic E-state index is 12.6. The van der Waals surface area contributed by atoms with Gasteiger partial charge in [0.2, 0.25) is 5.91 Å². The smallest absolute Gasteiger partial charge is 0.407 e. The van der Waals surface area contributed by atoms with Crippen LogP contribution in [0.5, 0.6) is 0 Å². The van der Waals surface area contributed by atoms with Gasteiger partial charge in [-0.15, -0.1) is 0 Å². The minimum Gasteiger partial charge on any atom is -0.472 e. The first-order valence-corrected chi connectivity index (χ1v) is 10.6. The standard InChI is InChI=1S/C26H26N2O5/c1-17(2)13-14-23(25(31)27-15-7-12-24(29)30)28-26(32)33-16-22-20-10-5-3-8-18(20)19-9-4-6-11-21(19)22/h3-6,8-11,13,22-23H,14-16H2,1-2H3,(H,27,31)(H,28,32)(H,29,30).